The van der Waals surface area contributed by atoms with Crippen LogP contribution in [-0.4, -0.2) is 68.2 Å². The summed E-state index contributed by atoms with van der Waals surface area (Å²) >= 11 is 1.03. The van der Waals surface area contributed by atoms with Crippen LogP contribution >= 0.6 is 11.8 Å². The standard InChI is InChI=1S/C29H35F4N3O2S/c1-35(2)26-17-34-25-5-4-20(38-3)16-21(25)27(26)22(31)6-7-29(18-37)8-10-36(11-9-29)12-13-39-28-23(32)14-19(30)15-24(28)33/h4-5,14-17,22,37H,6-13,18H2,1-3H3/t22-/m1/s1. The zero-order valence-corrected chi connectivity index (χ0v) is 23.3. The summed E-state index contributed by atoms with van der Waals surface area (Å²) in [5.74, 6) is -1.64. The summed E-state index contributed by atoms with van der Waals surface area (Å²) in [5.41, 5.74) is 1.60. The van der Waals surface area contributed by atoms with Gasteiger partial charge >= 0.3 is 0 Å². The van der Waals surface area contributed by atoms with E-state index in [0.717, 1.165) is 11.8 Å². The SMILES string of the molecule is COc1ccc2ncc(N(C)C)c([C@H](F)CCC3(CO)CCN(CCSc4c(F)cc(F)cc4F)CC3)c2c1. The molecule has 1 aromatic heterocycles. The third-order valence-corrected chi connectivity index (χ3v) is 8.75. The zero-order chi connectivity index (χ0) is 28.2. The van der Waals surface area contributed by atoms with Crippen LogP contribution in [0.3, 0.4) is 0 Å². The molecule has 0 radical (unpaired) electrons. The Morgan fingerprint density at radius 2 is 1.82 bits per heavy atom. The van der Waals surface area contributed by atoms with Gasteiger partial charge in [0.1, 0.15) is 29.4 Å². The number of rotatable bonds is 11. The Bertz CT molecular complexity index is 1260. The number of hydrogen-bond acceptors (Lipinski definition) is 6. The molecule has 0 unspecified atom stereocenters. The lowest BCUT2D eigenvalue weighted by molar-refractivity contribution is 0.0323. The molecule has 2 aromatic carbocycles. The monoisotopic (exact) mass is 565 g/mol. The predicted molar refractivity (Wildman–Crippen MR) is 148 cm³/mol. The number of halogens is 4. The van der Waals surface area contributed by atoms with Crippen LogP contribution in [-0.2, 0) is 0 Å². The maximum absolute atomic E-state index is 16.0. The Balaban J connectivity index is 1.38. The van der Waals surface area contributed by atoms with Gasteiger partial charge in [0.05, 0.1) is 29.4 Å². The van der Waals surface area contributed by atoms with Crippen LogP contribution in [0.15, 0.2) is 41.4 Å². The quantitative estimate of drug-likeness (QED) is 0.215. The lowest BCUT2D eigenvalue weighted by Gasteiger charge is -2.41. The summed E-state index contributed by atoms with van der Waals surface area (Å²) < 4.78 is 62.3. The maximum atomic E-state index is 16.0. The number of pyridine rings is 1. The molecule has 39 heavy (non-hydrogen) atoms. The van der Waals surface area contributed by atoms with E-state index in [4.69, 9.17) is 4.74 Å². The van der Waals surface area contributed by atoms with Crippen molar-refractivity contribution in [2.45, 2.75) is 36.8 Å². The normalized spacial score (nSPS) is 16.4. The van der Waals surface area contributed by atoms with Gasteiger partial charge in [-0.15, -0.1) is 11.8 Å². The van der Waals surface area contributed by atoms with Crippen molar-refractivity contribution < 1.29 is 27.4 Å². The topological polar surface area (TPSA) is 48.8 Å². The summed E-state index contributed by atoms with van der Waals surface area (Å²) in [6, 6.07) is 6.83. The average Bonchev–Trinajstić information content (AvgIpc) is 2.92. The van der Waals surface area contributed by atoms with Crippen molar-refractivity contribution in [2.24, 2.45) is 5.41 Å². The second-order valence-corrected chi connectivity index (χ2v) is 11.5. The maximum Gasteiger partial charge on any atom is 0.142 e. The van der Waals surface area contributed by atoms with E-state index in [9.17, 15) is 18.3 Å². The number of fused-ring (bicyclic) bond motifs is 1. The molecule has 0 amide bonds. The van der Waals surface area contributed by atoms with Gasteiger partial charge in [0.2, 0.25) is 0 Å². The van der Waals surface area contributed by atoms with Crippen molar-refractivity contribution in [3.05, 3.63) is 59.5 Å². The lowest BCUT2D eigenvalue weighted by Crippen LogP contribution is -2.43. The van der Waals surface area contributed by atoms with Crippen molar-refractivity contribution in [3.63, 3.8) is 0 Å². The molecule has 2 heterocycles. The number of piperidine rings is 1. The number of thioether (sulfide) groups is 1. The summed E-state index contributed by atoms with van der Waals surface area (Å²) in [7, 11) is 5.30. The highest BCUT2D eigenvalue weighted by Crippen LogP contribution is 2.42. The summed E-state index contributed by atoms with van der Waals surface area (Å²) in [5, 5.41) is 11.0. The molecule has 0 aliphatic carbocycles. The largest absolute Gasteiger partial charge is 0.497 e. The minimum Gasteiger partial charge on any atom is -0.497 e. The lowest BCUT2D eigenvalue weighted by atomic mass is 9.74. The number of benzene rings is 2. The molecule has 1 aliphatic rings. The van der Waals surface area contributed by atoms with Gasteiger partial charge in [0, 0.05) is 56.1 Å². The Morgan fingerprint density at radius 3 is 2.44 bits per heavy atom. The summed E-state index contributed by atoms with van der Waals surface area (Å²) in [4.78, 5) is 8.36. The highest BCUT2D eigenvalue weighted by atomic mass is 32.2. The summed E-state index contributed by atoms with van der Waals surface area (Å²) in [6.07, 6.45) is 2.63. The zero-order valence-electron chi connectivity index (χ0n) is 22.5. The number of aromatic nitrogens is 1. The number of aliphatic hydroxyl groups is 1. The number of nitrogens with zero attached hydrogens (tertiary/aromatic N) is 3. The molecule has 5 nitrogen and oxygen atoms in total. The molecule has 3 aromatic rings. The summed E-state index contributed by atoms with van der Waals surface area (Å²) in [6.45, 7) is 1.97. The molecule has 0 saturated carbocycles. The van der Waals surface area contributed by atoms with Gasteiger partial charge in [-0.3, -0.25) is 4.98 Å². The van der Waals surface area contributed by atoms with E-state index in [1.54, 1.807) is 19.4 Å². The fourth-order valence-corrected chi connectivity index (χ4v) is 6.20. The third-order valence-electron chi connectivity index (χ3n) is 7.69. The number of methoxy groups -OCH3 is 1. The number of alkyl halides is 1. The van der Waals surface area contributed by atoms with Crippen molar-refractivity contribution >= 4 is 28.4 Å². The Morgan fingerprint density at radius 1 is 1.13 bits per heavy atom. The minimum atomic E-state index is -1.25. The molecule has 0 spiro atoms. The first kappa shape index (κ1) is 29.4. The van der Waals surface area contributed by atoms with Crippen LogP contribution in [0.25, 0.3) is 10.9 Å². The van der Waals surface area contributed by atoms with Gasteiger partial charge in [0.25, 0.3) is 0 Å². The van der Waals surface area contributed by atoms with E-state index in [-0.39, 0.29) is 23.3 Å². The number of anilines is 1. The van der Waals surface area contributed by atoms with Gasteiger partial charge in [-0.25, -0.2) is 17.6 Å². The average molecular weight is 566 g/mol. The molecule has 0 bridgehead atoms. The first-order valence-corrected chi connectivity index (χ1v) is 14.0. The fraction of sp³-hybridized carbons (Fsp3) is 0.483. The van der Waals surface area contributed by atoms with Crippen LogP contribution < -0.4 is 9.64 Å². The van der Waals surface area contributed by atoms with Crippen LogP contribution in [0, 0.1) is 22.9 Å². The highest BCUT2D eigenvalue weighted by molar-refractivity contribution is 7.99. The van der Waals surface area contributed by atoms with Gasteiger partial charge in [-0.2, -0.15) is 0 Å². The number of aliphatic hydroxyl groups excluding tert-OH is 1. The minimum absolute atomic E-state index is 0.0280. The predicted octanol–water partition coefficient (Wildman–Crippen LogP) is 6.38. The molecule has 1 aliphatic heterocycles. The highest BCUT2D eigenvalue weighted by Gasteiger charge is 2.35. The van der Waals surface area contributed by atoms with Crippen LogP contribution in [0.1, 0.15) is 37.4 Å². The van der Waals surface area contributed by atoms with Gasteiger partial charge in [-0.1, -0.05) is 0 Å². The van der Waals surface area contributed by atoms with Crippen molar-refractivity contribution in [3.8, 4) is 5.75 Å². The molecule has 1 N–H and O–H groups in total. The first-order chi connectivity index (χ1) is 18.7. The smallest absolute Gasteiger partial charge is 0.142 e. The Labute approximate surface area is 231 Å². The molecular weight excluding hydrogens is 530 g/mol. The first-order valence-electron chi connectivity index (χ1n) is 13.0. The molecular formula is C29H35F4N3O2S. The van der Waals surface area contributed by atoms with Crippen molar-refractivity contribution in [1.29, 1.82) is 0 Å². The number of likely N-dealkylation sites (tertiary alicyclic amines) is 1. The molecule has 10 heteroatoms. The Kier molecular flexibility index (Phi) is 9.61. The number of ether oxygens (including phenoxy) is 1. The molecule has 1 saturated heterocycles. The second kappa shape index (κ2) is 12.7. The van der Waals surface area contributed by atoms with Gasteiger partial charge in [-0.05, 0) is 62.4 Å². The second-order valence-electron chi connectivity index (χ2n) is 10.4. The molecule has 1 atom stereocenters. The fourth-order valence-electron chi connectivity index (χ4n) is 5.25. The van der Waals surface area contributed by atoms with Crippen LogP contribution in [0.4, 0.5) is 23.2 Å². The van der Waals surface area contributed by atoms with Crippen molar-refractivity contribution in [1.82, 2.24) is 9.88 Å². The van der Waals surface area contributed by atoms with E-state index in [1.165, 1.54) is 0 Å². The molecule has 4 rings (SSSR count). The third kappa shape index (κ3) is 6.78. The van der Waals surface area contributed by atoms with Crippen LogP contribution in [0.2, 0.25) is 0 Å². The van der Waals surface area contributed by atoms with Crippen molar-refractivity contribution in [2.75, 3.05) is 58.1 Å². The van der Waals surface area contributed by atoms with E-state index < -0.39 is 23.6 Å². The van der Waals surface area contributed by atoms with E-state index in [1.807, 2.05) is 31.1 Å². The van der Waals surface area contributed by atoms with Crippen LogP contribution in [0.5, 0.6) is 5.75 Å². The number of hydrogen-bond donors (Lipinski definition) is 1. The van der Waals surface area contributed by atoms with Gasteiger partial charge in [0.15, 0.2) is 0 Å². The molecule has 1 fully saturated rings. The van der Waals surface area contributed by atoms with E-state index >= 15 is 4.39 Å². The van der Waals surface area contributed by atoms with E-state index in [0.29, 0.717) is 84.7 Å². The van der Waals surface area contributed by atoms with Gasteiger partial charge < -0.3 is 19.6 Å². The van der Waals surface area contributed by atoms with E-state index in [2.05, 4.69) is 9.88 Å². The molecule has 212 valence electrons. The Hall–Kier alpha value is -2.56.